The Labute approximate surface area is 147 Å². The van der Waals surface area contributed by atoms with Crippen LogP contribution in [0.4, 0.5) is 0 Å². The van der Waals surface area contributed by atoms with Crippen molar-refractivity contribution in [1.29, 1.82) is 0 Å². The quantitative estimate of drug-likeness (QED) is 0.315. The van der Waals surface area contributed by atoms with Crippen LogP contribution in [0.5, 0.6) is 0 Å². The number of nitrogens with two attached hydrogens (primary N) is 1. The number of aliphatic carboxylic acids is 2. The maximum Gasteiger partial charge on any atom is 0.333 e. The van der Waals surface area contributed by atoms with Gasteiger partial charge in [-0.15, -0.1) is 5.06 Å². The predicted octanol–water partition coefficient (Wildman–Crippen LogP) is -1.86. The Balaban J connectivity index is 2.45. The summed E-state index contributed by atoms with van der Waals surface area (Å²) in [5.41, 5.74) is 5.24. The number of amides is 3. The first kappa shape index (κ1) is 21.0. The van der Waals surface area contributed by atoms with Gasteiger partial charge in [-0.3, -0.25) is 19.2 Å². The van der Waals surface area contributed by atoms with E-state index >= 15 is 0 Å². The number of carboxylic acid groups (broad SMARTS) is 2. The average Bonchev–Trinajstić information content (AvgIpc) is 2.87. The van der Waals surface area contributed by atoms with Gasteiger partial charge >= 0.3 is 17.9 Å². The largest absolute Gasteiger partial charge is 0.480 e. The van der Waals surface area contributed by atoms with Crippen molar-refractivity contribution in [2.75, 3.05) is 0 Å². The number of carboxylic acids is 2. The van der Waals surface area contributed by atoms with E-state index in [-0.39, 0.29) is 32.1 Å². The zero-order valence-corrected chi connectivity index (χ0v) is 13.7. The SMILES string of the molecule is N[C@@H](CCC(=O)N[C@@H](CCC(=O)ON1C(=O)CCC1=O)C(=O)O)C(=O)O. The second kappa shape index (κ2) is 9.46. The summed E-state index contributed by atoms with van der Waals surface area (Å²) in [6.07, 6.45) is -1.45. The van der Waals surface area contributed by atoms with Gasteiger partial charge in [0.1, 0.15) is 12.1 Å². The van der Waals surface area contributed by atoms with E-state index in [0.29, 0.717) is 5.06 Å². The van der Waals surface area contributed by atoms with Gasteiger partial charge in [-0.05, 0) is 12.8 Å². The molecule has 144 valence electrons. The maximum absolute atomic E-state index is 11.7. The van der Waals surface area contributed by atoms with E-state index < -0.39 is 54.1 Å². The average molecular weight is 373 g/mol. The second-order valence-corrected chi connectivity index (χ2v) is 5.53. The van der Waals surface area contributed by atoms with Crippen molar-refractivity contribution < 1.29 is 43.8 Å². The molecule has 0 spiro atoms. The number of carbonyl (C=O) groups is 6. The van der Waals surface area contributed by atoms with Crippen LogP contribution in [0.15, 0.2) is 0 Å². The minimum absolute atomic E-state index is 0.0710. The van der Waals surface area contributed by atoms with Gasteiger partial charge in [-0.1, -0.05) is 0 Å². The molecule has 1 rings (SSSR count). The van der Waals surface area contributed by atoms with Crippen molar-refractivity contribution in [1.82, 2.24) is 10.4 Å². The fourth-order valence-electron chi connectivity index (χ4n) is 2.00. The van der Waals surface area contributed by atoms with E-state index in [0.717, 1.165) is 0 Å². The fourth-order valence-corrected chi connectivity index (χ4v) is 2.00. The third-order valence-electron chi connectivity index (χ3n) is 3.47. The monoisotopic (exact) mass is 373 g/mol. The number of rotatable bonds is 10. The summed E-state index contributed by atoms with van der Waals surface area (Å²) in [4.78, 5) is 72.2. The highest BCUT2D eigenvalue weighted by molar-refractivity contribution is 6.01. The summed E-state index contributed by atoms with van der Waals surface area (Å²) in [5, 5.41) is 20.1. The molecule has 0 aliphatic carbocycles. The number of hydrogen-bond acceptors (Lipinski definition) is 8. The number of carbonyl (C=O) groups excluding carboxylic acids is 4. The normalized spacial score (nSPS) is 16.1. The van der Waals surface area contributed by atoms with Crippen molar-refractivity contribution >= 4 is 35.6 Å². The minimum atomic E-state index is -1.43. The van der Waals surface area contributed by atoms with Gasteiger partial charge in [0.2, 0.25) is 5.91 Å². The van der Waals surface area contributed by atoms with Crippen molar-refractivity contribution in [2.24, 2.45) is 5.73 Å². The van der Waals surface area contributed by atoms with Gasteiger partial charge in [0.15, 0.2) is 0 Å². The molecule has 0 saturated carbocycles. The van der Waals surface area contributed by atoms with Gasteiger partial charge in [0.25, 0.3) is 11.8 Å². The Morgan fingerprint density at radius 1 is 1.04 bits per heavy atom. The molecule has 0 aromatic carbocycles. The minimum Gasteiger partial charge on any atom is -0.480 e. The Morgan fingerprint density at radius 3 is 2.12 bits per heavy atom. The summed E-state index contributed by atoms with van der Waals surface area (Å²) in [5.74, 6) is -5.78. The number of nitrogens with zero attached hydrogens (tertiary/aromatic N) is 1. The Hall–Kier alpha value is -3.02. The molecular weight excluding hydrogens is 354 g/mol. The van der Waals surface area contributed by atoms with E-state index in [1.807, 2.05) is 0 Å². The van der Waals surface area contributed by atoms with Crippen molar-refractivity contribution in [2.45, 2.75) is 50.6 Å². The lowest BCUT2D eigenvalue weighted by Crippen LogP contribution is -2.42. The van der Waals surface area contributed by atoms with Crippen LogP contribution in [0.3, 0.4) is 0 Å². The van der Waals surface area contributed by atoms with Crippen LogP contribution in [-0.2, 0) is 33.6 Å². The molecule has 0 aromatic rings. The molecule has 3 amide bonds. The summed E-state index contributed by atoms with van der Waals surface area (Å²) >= 11 is 0. The number of imide groups is 1. The summed E-state index contributed by atoms with van der Waals surface area (Å²) in [6.45, 7) is 0. The first-order valence-electron chi connectivity index (χ1n) is 7.69. The van der Waals surface area contributed by atoms with Crippen LogP contribution in [0.2, 0.25) is 0 Å². The summed E-state index contributed by atoms with van der Waals surface area (Å²) in [6, 6.07) is -2.68. The molecule has 0 bridgehead atoms. The molecule has 0 unspecified atom stereocenters. The molecular formula is C14H19N3O9. The highest BCUT2D eigenvalue weighted by Crippen LogP contribution is 2.13. The lowest BCUT2D eigenvalue weighted by atomic mass is 10.1. The van der Waals surface area contributed by atoms with Crippen LogP contribution < -0.4 is 11.1 Å². The first-order valence-corrected chi connectivity index (χ1v) is 7.69. The highest BCUT2D eigenvalue weighted by atomic mass is 16.7. The molecule has 5 N–H and O–H groups in total. The van der Waals surface area contributed by atoms with Crippen LogP contribution >= 0.6 is 0 Å². The topological polar surface area (TPSA) is 193 Å². The van der Waals surface area contributed by atoms with Crippen LogP contribution in [0.1, 0.15) is 38.5 Å². The van der Waals surface area contributed by atoms with E-state index in [1.165, 1.54) is 0 Å². The molecule has 1 aliphatic heterocycles. The van der Waals surface area contributed by atoms with Crippen molar-refractivity contribution in [3.8, 4) is 0 Å². The second-order valence-electron chi connectivity index (χ2n) is 5.53. The van der Waals surface area contributed by atoms with E-state index in [1.54, 1.807) is 0 Å². The maximum atomic E-state index is 11.7. The molecule has 1 heterocycles. The molecule has 0 radical (unpaired) electrons. The van der Waals surface area contributed by atoms with Crippen molar-refractivity contribution in [3.05, 3.63) is 0 Å². The third-order valence-corrected chi connectivity index (χ3v) is 3.47. The predicted molar refractivity (Wildman–Crippen MR) is 80.8 cm³/mol. The van der Waals surface area contributed by atoms with Crippen LogP contribution in [-0.4, -0.2) is 63.0 Å². The van der Waals surface area contributed by atoms with E-state index in [2.05, 4.69) is 10.2 Å². The Kier molecular flexibility index (Phi) is 7.65. The zero-order chi connectivity index (χ0) is 19.9. The third kappa shape index (κ3) is 6.47. The van der Waals surface area contributed by atoms with Gasteiger partial charge in [0.05, 0.1) is 6.42 Å². The van der Waals surface area contributed by atoms with E-state index in [4.69, 9.17) is 15.9 Å². The molecule has 1 fully saturated rings. The van der Waals surface area contributed by atoms with Gasteiger partial charge in [0, 0.05) is 19.3 Å². The van der Waals surface area contributed by atoms with Gasteiger partial charge in [-0.25, -0.2) is 9.59 Å². The first-order chi connectivity index (χ1) is 12.1. The molecule has 1 saturated heterocycles. The van der Waals surface area contributed by atoms with Crippen LogP contribution in [0.25, 0.3) is 0 Å². The number of nitrogens with one attached hydrogen (secondary N) is 1. The molecule has 26 heavy (non-hydrogen) atoms. The molecule has 1 aliphatic rings. The lowest BCUT2D eigenvalue weighted by Gasteiger charge is -2.16. The number of hydrogen-bond donors (Lipinski definition) is 4. The Bertz CT molecular complexity index is 603. The molecule has 12 heteroatoms. The smallest absolute Gasteiger partial charge is 0.333 e. The fraction of sp³-hybridized carbons (Fsp3) is 0.571. The van der Waals surface area contributed by atoms with Gasteiger partial charge < -0.3 is 26.1 Å². The summed E-state index contributed by atoms with van der Waals surface area (Å²) < 4.78 is 0. The highest BCUT2D eigenvalue weighted by Gasteiger charge is 2.33. The number of hydroxylamine groups is 2. The summed E-state index contributed by atoms with van der Waals surface area (Å²) in [7, 11) is 0. The molecule has 12 nitrogen and oxygen atoms in total. The molecule has 0 aromatic heterocycles. The van der Waals surface area contributed by atoms with Gasteiger partial charge in [-0.2, -0.15) is 0 Å². The lowest BCUT2D eigenvalue weighted by molar-refractivity contribution is -0.197. The Morgan fingerprint density at radius 2 is 1.62 bits per heavy atom. The van der Waals surface area contributed by atoms with Crippen LogP contribution in [0, 0.1) is 0 Å². The standard InChI is InChI=1S/C14H19N3O9/c15-7(13(22)23)1-3-9(18)16-8(14(24)25)2-6-12(21)26-17-10(19)4-5-11(17)20/h7-8H,1-6,15H2,(H,16,18)(H,22,23)(H,24,25)/t7-,8-/m0/s1. The van der Waals surface area contributed by atoms with Crippen molar-refractivity contribution in [3.63, 3.8) is 0 Å². The zero-order valence-electron chi connectivity index (χ0n) is 13.7. The van der Waals surface area contributed by atoms with E-state index in [9.17, 15) is 28.8 Å². The molecule has 2 atom stereocenters.